The first-order chi connectivity index (χ1) is 38.2. The molecular weight excluding hydrogens is 1130 g/mol. The number of imidazole rings is 3. The predicted molar refractivity (Wildman–Crippen MR) is 295 cm³/mol. The summed E-state index contributed by atoms with van der Waals surface area (Å²) in [6, 6.07) is 7.73. The predicted octanol–water partition coefficient (Wildman–Crippen LogP) is 2.56. The van der Waals surface area contributed by atoms with Crippen molar-refractivity contribution in [1.29, 1.82) is 0 Å². The number of aromatic nitrogens is 12. The number of carbonyl (C=O) groups is 4. The molecule has 7 rings (SSSR count). The fraction of sp³-hybridized carbons (Fsp3) is 0.432. The lowest BCUT2D eigenvalue weighted by Gasteiger charge is -2.23. The number of carbonyl (C=O) groups excluding carboxylic acids is 4. The number of fused-ring (bicyclic) bond motifs is 3. The lowest BCUT2D eigenvalue weighted by molar-refractivity contribution is -0.145. The number of nitrogens with two attached hydrogens (primary N) is 3. The molecule has 0 saturated carbocycles. The van der Waals surface area contributed by atoms with Crippen molar-refractivity contribution in [3.8, 4) is 5.75 Å². The molecule has 7 aromatic rings. The molecule has 0 amide bonds. The van der Waals surface area contributed by atoms with E-state index in [9.17, 15) is 42.7 Å². The Morgan fingerprint density at radius 1 is 0.688 bits per heavy atom. The maximum atomic E-state index is 13.5. The molecule has 2 unspecified atom stereocenters. The van der Waals surface area contributed by atoms with Gasteiger partial charge in [0, 0.05) is 33.5 Å². The number of thioether (sulfide) groups is 2. The third-order valence-corrected chi connectivity index (χ3v) is 15.1. The number of H-pyrrole nitrogens is 3. The van der Waals surface area contributed by atoms with Gasteiger partial charge in [-0.05, 0) is 25.5 Å². The van der Waals surface area contributed by atoms with Crippen LogP contribution in [0.4, 0.5) is 17.8 Å². The standard InChI is InChI=1S/C21H29N6O6P.C14H20N5O7PS2.C9H11N5O3/c1-3-4-11-32-20(29)15(2)26-34(30,33-16-8-6-5-7-9-16)14-31-12-10-27-13-23-17-18(27)24-21(22)25-19(17)28;1-9(20)28-7-25-27(23,26-8-29-10(2)21)6-24-4-3-19-5-16-11-12(19)17-14(15)18-13(11)22;10-9-12-7-6(8(16)13-9)11-5-14(7)1-3-17-4-2-15/h5-9,13,15H,3-4,10-12,14H2,1-2H3,(H,26,30)(H3,22,24,25,28);5H,3-4,6-8H2,1-2H3,(H3,15,17,18,22);2,5H,1,3-4H2,(H3,10,12,13,16). The highest BCUT2D eigenvalue weighted by Crippen LogP contribution is 2.49. The van der Waals surface area contributed by atoms with Crippen molar-refractivity contribution in [1.82, 2.24) is 63.6 Å². The van der Waals surface area contributed by atoms with Crippen molar-refractivity contribution in [2.75, 3.05) is 74.8 Å². The van der Waals surface area contributed by atoms with Crippen LogP contribution in [0, 0.1) is 0 Å². The highest BCUT2D eigenvalue weighted by molar-refractivity contribution is 8.13. The minimum atomic E-state index is -3.69. The second kappa shape index (κ2) is 31.6. The summed E-state index contributed by atoms with van der Waals surface area (Å²) in [4.78, 5) is 111. The van der Waals surface area contributed by atoms with Gasteiger partial charge in [0.15, 0.2) is 43.7 Å². The van der Waals surface area contributed by atoms with Gasteiger partial charge in [-0.2, -0.15) is 15.0 Å². The molecule has 1 aromatic carbocycles. The van der Waals surface area contributed by atoms with Crippen LogP contribution in [0.1, 0.15) is 40.5 Å². The van der Waals surface area contributed by atoms with Crippen molar-refractivity contribution in [2.24, 2.45) is 0 Å². The zero-order valence-electron chi connectivity index (χ0n) is 43.7. The summed E-state index contributed by atoms with van der Waals surface area (Å²) < 4.78 is 68.4. The Morgan fingerprint density at radius 3 is 1.55 bits per heavy atom. The van der Waals surface area contributed by atoms with Gasteiger partial charge in [0.05, 0.1) is 45.4 Å². The zero-order valence-corrected chi connectivity index (χ0v) is 47.1. The van der Waals surface area contributed by atoms with E-state index in [-0.39, 0.29) is 108 Å². The number of nitrogens with one attached hydrogen (secondary N) is 4. The average Bonchev–Trinajstić information content (AvgIpc) is 4.13. The third-order valence-electron chi connectivity index (χ3n) is 10.1. The number of nitrogen functional groups attached to an aromatic ring is 3. The molecule has 6 heterocycles. The number of esters is 1. The monoisotopic (exact) mass is 1190 g/mol. The van der Waals surface area contributed by atoms with Gasteiger partial charge in [0.25, 0.3) is 16.7 Å². The summed E-state index contributed by atoms with van der Waals surface area (Å²) in [6.45, 7) is 8.07. The number of aldehydes is 1. The van der Waals surface area contributed by atoms with Gasteiger partial charge >= 0.3 is 21.1 Å². The van der Waals surface area contributed by atoms with E-state index in [1.54, 1.807) is 51.0 Å². The normalized spacial score (nSPS) is 12.5. The number of hydrogen-bond donors (Lipinski definition) is 7. The lowest BCUT2D eigenvalue weighted by Crippen LogP contribution is -2.35. The number of anilines is 3. The van der Waals surface area contributed by atoms with Crippen molar-refractivity contribution in [3.05, 3.63) is 80.4 Å². The largest absolute Gasteiger partial charge is 0.465 e. The quantitative estimate of drug-likeness (QED) is 0.0116. The van der Waals surface area contributed by atoms with Crippen LogP contribution in [0.3, 0.4) is 0 Å². The van der Waals surface area contributed by atoms with Crippen molar-refractivity contribution < 1.29 is 60.8 Å². The highest BCUT2D eigenvalue weighted by atomic mass is 32.2. The minimum absolute atomic E-state index is 0.0232. The molecule has 32 nitrogen and oxygen atoms in total. The number of nitrogens with zero attached hydrogens (tertiary/aromatic N) is 9. The molecule has 10 N–H and O–H groups in total. The first kappa shape index (κ1) is 63.7. The Balaban J connectivity index is 0.000000232. The average molecular weight is 1200 g/mol. The van der Waals surface area contributed by atoms with Gasteiger partial charge in [0.1, 0.15) is 49.3 Å². The van der Waals surface area contributed by atoms with Crippen molar-refractivity contribution in [3.63, 3.8) is 0 Å². The first-order valence-electron chi connectivity index (χ1n) is 23.9. The maximum Gasteiger partial charge on any atom is 0.357 e. The van der Waals surface area contributed by atoms with Gasteiger partial charge in [-0.1, -0.05) is 55.1 Å². The van der Waals surface area contributed by atoms with Gasteiger partial charge in [-0.3, -0.25) is 61.9 Å². The van der Waals surface area contributed by atoms with E-state index in [2.05, 4.69) is 49.9 Å². The topological polar surface area (TPSA) is 448 Å². The van der Waals surface area contributed by atoms with E-state index in [4.69, 9.17) is 49.7 Å². The number of ether oxygens (including phenoxy) is 4. The summed E-state index contributed by atoms with van der Waals surface area (Å²) in [5, 5.41) is 2.34. The fourth-order valence-electron chi connectivity index (χ4n) is 6.41. The molecule has 0 aliphatic heterocycles. The van der Waals surface area contributed by atoms with Crippen LogP contribution in [0.25, 0.3) is 33.5 Å². The van der Waals surface area contributed by atoms with Gasteiger partial charge in [-0.25, -0.2) is 20.0 Å². The summed E-state index contributed by atoms with van der Waals surface area (Å²) in [5.41, 5.74) is 16.9. The van der Waals surface area contributed by atoms with Crippen LogP contribution in [-0.4, -0.2) is 145 Å². The van der Waals surface area contributed by atoms with E-state index in [0.29, 0.717) is 48.7 Å². The van der Waals surface area contributed by atoms with Crippen LogP contribution in [0.2, 0.25) is 0 Å². The van der Waals surface area contributed by atoms with Crippen molar-refractivity contribution >= 4 is 112 Å². The molecule has 0 spiro atoms. The molecule has 0 aliphatic carbocycles. The number of para-hydroxylation sites is 1. The van der Waals surface area contributed by atoms with E-state index in [0.717, 1.165) is 36.4 Å². The molecule has 0 radical (unpaired) electrons. The number of benzene rings is 1. The Labute approximate surface area is 462 Å². The smallest absolute Gasteiger partial charge is 0.357 e. The molecule has 434 valence electrons. The van der Waals surface area contributed by atoms with Crippen molar-refractivity contribution in [2.45, 2.75) is 66.2 Å². The van der Waals surface area contributed by atoms with E-state index in [1.165, 1.54) is 32.8 Å². The Kier molecular flexibility index (Phi) is 25.2. The van der Waals surface area contributed by atoms with Crippen LogP contribution < -0.4 is 43.5 Å². The zero-order chi connectivity index (χ0) is 58.2. The van der Waals surface area contributed by atoms with Gasteiger partial charge in [0.2, 0.25) is 17.8 Å². The molecule has 2 atom stereocenters. The maximum absolute atomic E-state index is 13.5. The number of unbranched alkanes of at least 4 members (excludes halogenated alkanes) is 1. The number of hydrogen-bond acceptors (Lipinski definition) is 27. The molecule has 0 aliphatic rings. The molecule has 0 saturated heterocycles. The second-order valence-corrected chi connectivity index (χ2v) is 22.6. The molecule has 80 heavy (non-hydrogen) atoms. The molecule has 36 heteroatoms. The van der Waals surface area contributed by atoms with Crippen LogP contribution in [0.5, 0.6) is 5.75 Å². The number of aromatic amines is 3. The molecule has 0 bridgehead atoms. The molecule has 6 aromatic heterocycles. The summed E-state index contributed by atoms with van der Waals surface area (Å²) in [5.74, 6) is -0.514. The molecule has 0 fully saturated rings. The van der Waals surface area contributed by atoms with Crippen LogP contribution in [0.15, 0.2) is 63.7 Å². The number of rotatable bonds is 29. The lowest BCUT2D eigenvalue weighted by atomic mass is 10.3. The summed E-state index contributed by atoms with van der Waals surface area (Å²) in [6.07, 6.45) is 5.96. The third kappa shape index (κ3) is 20.2. The second-order valence-electron chi connectivity index (χ2n) is 16.3. The minimum Gasteiger partial charge on any atom is -0.465 e. The molecular formula is C44H60N16O16P2S2. The van der Waals surface area contributed by atoms with E-state index < -0.39 is 38.2 Å². The Hall–Kier alpha value is -7.13. The van der Waals surface area contributed by atoms with Crippen LogP contribution in [-0.2, 0) is 75.9 Å². The summed E-state index contributed by atoms with van der Waals surface area (Å²) in [7, 11) is -7.34. The van der Waals surface area contributed by atoms with Crippen LogP contribution >= 0.6 is 38.6 Å². The SMILES string of the molecule is CC(=O)SCOP(=O)(COCCn1cnc2c(=O)[nH]c(N)nc21)OCSC(C)=O.CCCCOC(=O)C(C)NP(=O)(COCCn1cnc2c(=O)[nH]c(N)nc21)Oc1ccccc1.Nc1nc2c(ncn2CCOCC=O)c(=O)[nH]1. The summed E-state index contributed by atoms with van der Waals surface area (Å²) >= 11 is 1.66. The van der Waals surface area contributed by atoms with Gasteiger partial charge < -0.3 is 59.2 Å². The van der Waals surface area contributed by atoms with Gasteiger partial charge in [-0.15, -0.1) is 0 Å². The highest BCUT2D eigenvalue weighted by Gasteiger charge is 2.31. The van der Waals surface area contributed by atoms with E-state index in [1.807, 2.05) is 6.92 Å². The Bertz CT molecular complexity index is 3440. The fourth-order valence-corrected chi connectivity index (χ4v) is 10.7. The Morgan fingerprint density at radius 2 is 1.12 bits per heavy atom. The van der Waals surface area contributed by atoms with E-state index >= 15 is 0 Å². The first-order valence-corrected chi connectivity index (χ1v) is 29.5.